The molecule has 4 heterocycles. The van der Waals surface area contributed by atoms with E-state index in [1.54, 1.807) is 0 Å². The third-order valence-electron chi connectivity index (χ3n) is 16.4. The summed E-state index contributed by atoms with van der Waals surface area (Å²) in [6, 6.07) is 71.7. The molecule has 0 N–H and O–H groups in total. The molecule has 0 radical (unpaired) electrons. The Morgan fingerprint density at radius 2 is 0.928 bits per heavy atom. The summed E-state index contributed by atoms with van der Waals surface area (Å²) < 4.78 is 11.6. The van der Waals surface area contributed by atoms with Gasteiger partial charge in [0, 0.05) is 82.9 Å². The maximum Gasteiger partial charge on any atom is 0.135 e. The molecule has 1 aliphatic rings. The molecule has 8 aromatic carbocycles. The second-order valence-corrected chi connectivity index (χ2v) is 27.6. The van der Waals surface area contributed by atoms with Gasteiger partial charge in [0.1, 0.15) is 5.82 Å². The van der Waals surface area contributed by atoms with Gasteiger partial charge >= 0.3 is 0 Å². The Hall–Kier alpha value is -7.69. The van der Waals surface area contributed by atoms with Crippen LogP contribution in [0.2, 0.25) is 0 Å². The molecule has 0 aliphatic carbocycles. The van der Waals surface area contributed by atoms with Gasteiger partial charge in [0.25, 0.3) is 0 Å². The zero-order valence-electron chi connectivity index (χ0n) is 50.9. The van der Waals surface area contributed by atoms with E-state index in [1.807, 2.05) is 18.3 Å². The molecule has 6 nitrogen and oxygen atoms in total. The predicted molar refractivity (Wildman–Crippen MR) is 345 cm³/mol. The van der Waals surface area contributed by atoms with Crippen LogP contribution in [-0.2, 0) is 47.5 Å². The molecule has 7 heteroatoms. The Bertz CT molecular complexity index is 4100. The largest absolute Gasteiger partial charge is 0.509 e. The van der Waals surface area contributed by atoms with Crippen molar-refractivity contribution in [2.45, 2.75) is 131 Å². The van der Waals surface area contributed by atoms with Crippen LogP contribution >= 0.6 is 0 Å². The number of fused-ring (bicyclic) bond motifs is 6. The standard InChI is InChI=1S/C76H76N5O.Pd/c1-72(2,3)51-37-38-77-68(45-51)81-67-47-59(35-36-63(67)70-71(81)62-29-19-20-32-64(62)80(70)56-25-17-16-18-26-56)82-58-28-23-27-57(46-58)78-48-79(66-34-22-21-33-65(66)78)69-60(49-39-52(73(4,5)6)43-53(40-49)74(7,8)9)30-24-31-61(69)50-41-54(75(10,11)12)44-55(42-50)76(13,14)15;/h16-45,48H,1-15H3;/q-3;. The molecule has 83 heavy (non-hydrogen) atoms. The Kier molecular flexibility index (Phi) is 14.4. The number of benzene rings is 8. The van der Waals surface area contributed by atoms with Gasteiger partial charge in [-0.2, -0.15) is 12.1 Å². The smallest absolute Gasteiger partial charge is 0.135 e. The monoisotopic (exact) mass is 1180 g/mol. The van der Waals surface area contributed by atoms with Crippen LogP contribution in [0.1, 0.15) is 132 Å². The fraction of sp³-hybridized carbons (Fsp3) is 0.263. The summed E-state index contributed by atoms with van der Waals surface area (Å²) in [4.78, 5) is 9.74. The first kappa shape index (κ1) is 57.1. The van der Waals surface area contributed by atoms with E-state index in [1.165, 1.54) is 50.1 Å². The Labute approximate surface area is 506 Å². The Morgan fingerprint density at radius 1 is 0.422 bits per heavy atom. The zero-order valence-corrected chi connectivity index (χ0v) is 52.4. The first-order valence-electron chi connectivity index (χ1n) is 29.0. The summed E-state index contributed by atoms with van der Waals surface area (Å²) in [5.74, 6) is 1.99. The fourth-order valence-corrected chi connectivity index (χ4v) is 11.6. The van der Waals surface area contributed by atoms with Crippen molar-refractivity contribution in [1.82, 2.24) is 14.1 Å². The molecule has 1 aliphatic heterocycles. The number of anilines is 4. The van der Waals surface area contributed by atoms with Gasteiger partial charge in [-0.05, 0) is 108 Å². The number of ether oxygens (including phenoxy) is 1. The average molecular weight is 1180 g/mol. The van der Waals surface area contributed by atoms with Crippen molar-refractivity contribution >= 4 is 55.6 Å². The van der Waals surface area contributed by atoms with E-state index in [9.17, 15) is 0 Å². The topological polar surface area (TPSA) is 38.5 Å². The number of hydrogen-bond acceptors (Lipinski definition) is 4. The molecular weight excluding hydrogens is 1110 g/mol. The molecule has 0 fully saturated rings. The molecular formula is C76H76N5OPd-3. The van der Waals surface area contributed by atoms with Gasteiger partial charge in [-0.3, -0.25) is 0 Å². The molecule has 3 aromatic heterocycles. The molecule has 0 spiro atoms. The maximum atomic E-state index is 6.93. The Balaban J connectivity index is 0.00000721. The second-order valence-electron chi connectivity index (χ2n) is 27.6. The molecule has 0 atom stereocenters. The predicted octanol–water partition coefficient (Wildman–Crippen LogP) is 20.7. The average Bonchev–Trinajstić information content (AvgIpc) is 1.63. The number of nitrogens with zero attached hydrogens (tertiary/aromatic N) is 5. The normalized spacial score (nSPS) is 13.3. The third kappa shape index (κ3) is 10.6. The summed E-state index contributed by atoms with van der Waals surface area (Å²) in [5.41, 5.74) is 20.2. The van der Waals surface area contributed by atoms with Crippen LogP contribution in [0, 0.1) is 18.8 Å². The molecule has 0 saturated heterocycles. The quantitative estimate of drug-likeness (QED) is 0.112. The summed E-state index contributed by atoms with van der Waals surface area (Å²) in [5, 5.41) is 2.18. The van der Waals surface area contributed by atoms with Crippen molar-refractivity contribution < 1.29 is 25.2 Å². The van der Waals surface area contributed by atoms with Gasteiger partial charge in [0.2, 0.25) is 0 Å². The Morgan fingerprint density at radius 3 is 1.51 bits per heavy atom. The van der Waals surface area contributed by atoms with Crippen LogP contribution < -0.4 is 14.5 Å². The number of rotatable bonds is 8. The van der Waals surface area contributed by atoms with Gasteiger partial charge in [-0.25, -0.2) is 4.98 Å². The summed E-state index contributed by atoms with van der Waals surface area (Å²) >= 11 is 0. The molecule has 0 saturated carbocycles. The molecule has 0 unspecified atom stereocenters. The van der Waals surface area contributed by atoms with Crippen molar-refractivity contribution in [1.29, 1.82) is 0 Å². The molecule has 12 rings (SSSR count). The van der Waals surface area contributed by atoms with Crippen LogP contribution in [0.15, 0.2) is 182 Å². The van der Waals surface area contributed by atoms with Gasteiger partial charge in [0.05, 0.1) is 11.0 Å². The van der Waals surface area contributed by atoms with Gasteiger partial charge < -0.3 is 23.7 Å². The number of para-hydroxylation sites is 5. The number of hydrogen-bond donors (Lipinski definition) is 0. The minimum absolute atomic E-state index is 0. The van der Waals surface area contributed by atoms with E-state index < -0.39 is 0 Å². The van der Waals surface area contributed by atoms with Crippen LogP contribution in [0.4, 0.5) is 22.7 Å². The minimum Gasteiger partial charge on any atom is -0.509 e. The van der Waals surface area contributed by atoms with Crippen molar-refractivity contribution in [3.63, 3.8) is 0 Å². The summed E-state index contributed by atoms with van der Waals surface area (Å²) in [6.45, 7) is 36.8. The maximum absolute atomic E-state index is 6.93. The minimum atomic E-state index is -0.0883. The molecule has 0 amide bonds. The van der Waals surface area contributed by atoms with Crippen molar-refractivity contribution in [3.8, 4) is 45.3 Å². The van der Waals surface area contributed by atoms with Crippen LogP contribution in [0.5, 0.6) is 11.5 Å². The van der Waals surface area contributed by atoms with E-state index in [0.717, 1.165) is 67.1 Å². The van der Waals surface area contributed by atoms with E-state index >= 15 is 0 Å². The number of aromatic nitrogens is 3. The van der Waals surface area contributed by atoms with E-state index in [2.05, 4.69) is 305 Å². The van der Waals surface area contributed by atoms with Crippen molar-refractivity contribution in [2.24, 2.45) is 0 Å². The van der Waals surface area contributed by atoms with Gasteiger partial charge in [-0.15, -0.1) is 42.7 Å². The van der Waals surface area contributed by atoms with E-state index in [0.29, 0.717) is 11.5 Å². The number of pyridine rings is 1. The summed E-state index contributed by atoms with van der Waals surface area (Å²) in [7, 11) is 0. The van der Waals surface area contributed by atoms with Crippen LogP contribution in [-0.4, -0.2) is 14.1 Å². The van der Waals surface area contributed by atoms with Crippen LogP contribution in [0.3, 0.4) is 0 Å². The molecule has 0 bridgehead atoms. The summed E-state index contributed by atoms with van der Waals surface area (Å²) in [6.07, 6.45) is 1.93. The van der Waals surface area contributed by atoms with E-state index in [-0.39, 0.29) is 47.5 Å². The molecule has 424 valence electrons. The van der Waals surface area contributed by atoms with Crippen LogP contribution in [0.25, 0.3) is 66.6 Å². The second kappa shape index (κ2) is 20.9. The molecule has 11 aromatic rings. The van der Waals surface area contributed by atoms with E-state index in [4.69, 9.17) is 9.72 Å². The van der Waals surface area contributed by atoms with Crippen molar-refractivity contribution in [2.75, 3.05) is 9.80 Å². The zero-order chi connectivity index (χ0) is 57.8. The first-order valence-corrected chi connectivity index (χ1v) is 29.0. The first-order chi connectivity index (χ1) is 38.8. The fourth-order valence-electron chi connectivity index (χ4n) is 11.6. The van der Waals surface area contributed by atoms with Gasteiger partial charge in [-0.1, -0.05) is 218 Å². The third-order valence-corrected chi connectivity index (χ3v) is 16.4. The SMILES string of the molecule is CC(C)(C)c1cc(-c2cccc(-c3cc(C(C)(C)C)cc(C(C)(C)C)c3)c2N2[CH-]N(c3[c-]c(Oc4[c-]c5c(cc4)c4c(c6ccccc6n4-c4ccccc4)n5-c4cc(C(C)(C)C)ccn4)ccc3)c3ccccc32)cc(C(C)(C)C)c1.[Pd]. The van der Waals surface area contributed by atoms with Gasteiger partial charge in [0.15, 0.2) is 0 Å². The van der Waals surface area contributed by atoms with Crippen molar-refractivity contribution in [3.05, 3.63) is 229 Å².